The maximum atomic E-state index is 12.2. The quantitative estimate of drug-likeness (QED) is 0.0875. The van der Waals surface area contributed by atoms with Crippen molar-refractivity contribution >= 4 is 45.0 Å². The smallest absolute Gasteiger partial charge is 0.182 e. The van der Waals surface area contributed by atoms with Crippen molar-refractivity contribution in [3.05, 3.63) is 118 Å². The van der Waals surface area contributed by atoms with Gasteiger partial charge in [0.1, 0.15) is 40.9 Å². The number of benzene rings is 2. The van der Waals surface area contributed by atoms with Crippen LogP contribution in [0.1, 0.15) is 80.0 Å². The Morgan fingerprint density at radius 1 is 0.685 bits per heavy atom. The van der Waals surface area contributed by atoms with Gasteiger partial charge in [0.15, 0.2) is 11.6 Å². The van der Waals surface area contributed by atoms with Crippen molar-refractivity contribution in [2.75, 3.05) is 30.8 Å². The van der Waals surface area contributed by atoms with E-state index in [1.165, 1.54) is 24.8 Å². The van der Waals surface area contributed by atoms with Gasteiger partial charge in [0.2, 0.25) is 0 Å². The molecule has 0 spiro atoms. The van der Waals surface area contributed by atoms with Gasteiger partial charge in [-0.1, -0.05) is 12.1 Å². The Hall–Kier alpha value is -6.79. The van der Waals surface area contributed by atoms with Gasteiger partial charge in [0.25, 0.3) is 0 Å². The summed E-state index contributed by atoms with van der Waals surface area (Å²) in [5, 5.41) is 27.2. The van der Waals surface area contributed by atoms with Crippen LogP contribution in [0.25, 0.3) is 21.8 Å². The number of nitrogens with one attached hydrogen (secondary N) is 2. The van der Waals surface area contributed by atoms with Crippen LogP contribution in [0.5, 0.6) is 5.75 Å². The molecule has 0 bridgehead atoms. The molecule has 0 aliphatic carbocycles. The number of nitrogens with zero attached hydrogens (tertiary/aromatic N) is 7. The first-order valence-electron chi connectivity index (χ1n) is 17.5. The molecule has 0 atom stereocenters. The second-order valence-corrected chi connectivity index (χ2v) is 12.9. The van der Waals surface area contributed by atoms with Crippen molar-refractivity contribution in [3.63, 3.8) is 0 Å². The predicted octanol–water partition coefficient (Wildman–Crippen LogP) is 7.79. The molecule has 2 aromatic carbocycles. The van der Waals surface area contributed by atoms with Gasteiger partial charge in [0, 0.05) is 49.1 Å². The zero-order valence-corrected chi connectivity index (χ0v) is 31.0. The first-order chi connectivity index (χ1) is 26.1. The molecule has 0 saturated carbocycles. The first-order valence-corrected chi connectivity index (χ1v) is 17.5. The fourth-order valence-corrected chi connectivity index (χ4v) is 5.98. The molecule has 12 heteroatoms. The summed E-state index contributed by atoms with van der Waals surface area (Å²) in [7, 11) is 1.56. The van der Waals surface area contributed by atoms with E-state index in [1.807, 2.05) is 52.0 Å². The molecule has 0 amide bonds. The summed E-state index contributed by atoms with van der Waals surface area (Å²) < 4.78 is 5.05. The van der Waals surface area contributed by atoms with Gasteiger partial charge in [-0.05, 0) is 99.2 Å². The number of rotatable bonds is 13. The van der Waals surface area contributed by atoms with E-state index in [2.05, 4.69) is 59.8 Å². The fraction of sp³-hybridized carbons (Fsp3) is 0.262. The van der Waals surface area contributed by atoms with Crippen molar-refractivity contribution in [3.8, 4) is 17.9 Å². The normalized spacial score (nSPS) is 10.5. The number of anilines is 2. The average Bonchev–Trinajstić information content (AvgIpc) is 3.18. The molecule has 0 unspecified atom stereocenters. The summed E-state index contributed by atoms with van der Waals surface area (Å²) in [6.07, 6.45) is 8.01. The number of pyridine rings is 3. The van der Waals surface area contributed by atoms with Crippen LogP contribution in [-0.2, 0) is 0 Å². The Balaban J connectivity index is 0.000000208. The van der Waals surface area contributed by atoms with Crippen LogP contribution in [-0.4, -0.2) is 56.7 Å². The molecule has 2 N–H and O–H groups in total. The lowest BCUT2D eigenvalue weighted by molar-refractivity contribution is 0.0968. The van der Waals surface area contributed by atoms with Gasteiger partial charge < -0.3 is 15.4 Å². The Bertz CT molecular complexity index is 2380. The number of methoxy groups -OCH3 is 1. The van der Waals surface area contributed by atoms with Gasteiger partial charge in [0.05, 0.1) is 41.7 Å². The predicted molar refractivity (Wildman–Crippen MR) is 209 cm³/mol. The minimum absolute atomic E-state index is 0.0253. The highest BCUT2D eigenvalue weighted by atomic mass is 16.5. The third-order valence-corrected chi connectivity index (χ3v) is 8.66. The minimum atomic E-state index is -0.0434. The molecular formula is C42H41N9O3. The molecule has 0 fully saturated rings. The standard InChI is InChI=1S/C22H22N4O2.C20H19N5O/c1-14-9-15(2)18-11-16(12-23)22(26-20(18)10-14)24-8-4-5-21(27)19-7-6-17(28-3)13-25-19;1-13-8-14(2)16-10-15(11-21)20(25-17(16)9-13)24-5-3-4-19(26)18-12-22-6-7-23-18/h6-7,9-11,13H,4-5,8H2,1-3H3,(H,24,26);6-10,12H,3-5H2,1-2H3,(H,24,25). The van der Waals surface area contributed by atoms with E-state index >= 15 is 0 Å². The van der Waals surface area contributed by atoms with Crippen LogP contribution in [0.2, 0.25) is 0 Å². The van der Waals surface area contributed by atoms with Crippen LogP contribution in [0.4, 0.5) is 11.6 Å². The molecule has 0 radical (unpaired) electrons. The van der Waals surface area contributed by atoms with Crippen molar-refractivity contribution < 1.29 is 14.3 Å². The summed E-state index contributed by atoms with van der Waals surface area (Å²) in [5.41, 5.74) is 7.99. The highest BCUT2D eigenvalue weighted by molar-refractivity contribution is 5.94. The van der Waals surface area contributed by atoms with Crippen LogP contribution in [0, 0.1) is 50.4 Å². The number of Topliss-reactive ketones (excluding diaryl/α,β-unsaturated/α-hetero) is 2. The first kappa shape index (κ1) is 38.4. The van der Waals surface area contributed by atoms with E-state index in [-0.39, 0.29) is 11.6 Å². The van der Waals surface area contributed by atoms with E-state index in [0.717, 1.165) is 44.1 Å². The Morgan fingerprint density at radius 3 is 1.67 bits per heavy atom. The SMILES string of the molecule is COc1ccc(C(=O)CCCNc2nc3cc(C)cc(C)c3cc2C#N)nc1.Cc1cc(C)c2cc(C#N)c(NCCCC(=O)c3cnccn3)nc2c1. The monoisotopic (exact) mass is 719 g/mol. The third-order valence-electron chi connectivity index (χ3n) is 8.66. The maximum absolute atomic E-state index is 12.2. The fourth-order valence-electron chi connectivity index (χ4n) is 5.98. The zero-order valence-electron chi connectivity index (χ0n) is 31.0. The minimum Gasteiger partial charge on any atom is -0.495 e. The molecule has 0 aliphatic heterocycles. The summed E-state index contributed by atoms with van der Waals surface area (Å²) in [6.45, 7) is 9.17. The lowest BCUT2D eigenvalue weighted by atomic mass is 10.0. The molecule has 0 saturated heterocycles. The summed E-state index contributed by atoms with van der Waals surface area (Å²) in [4.78, 5) is 45.5. The summed E-state index contributed by atoms with van der Waals surface area (Å²) in [5.74, 6) is 1.66. The van der Waals surface area contributed by atoms with E-state index in [0.29, 0.717) is 78.7 Å². The lowest BCUT2D eigenvalue weighted by Crippen LogP contribution is -2.09. The van der Waals surface area contributed by atoms with Gasteiger partial charge in [-0.25, -0.2) is 19.9 Å². The Labute approximate surface area is 314 Å². The molecule has 4 heterocycles. The molecule has 272 valence electrons. The molecule has 0 aliphatic rings. The number of nitriles is 2. The second kappa shape index (κ2) is 18.1. The molecule has 6 aromatic rings. The number of hydrogen-bond acceptors (Lipinski definition) is 12. The molecule has 12 nitrogen and oxygen atoms in total. The van der Waals surface area contributed by atoms with Crippen LogP contribution in [0.15, 0.2) is 73.3 Å². The number of aromatic nitrogens is 5. The topological polar surface area (TPSA) is 179 Å². The second-order valence-electron chi connectivity index (χ2n) is 12.9. The Morgan fingerprint density at radius 2 is 1.22 bits per heavy atom. The largest absolute Gasteiger partial charge is 0.495 e. The number of aryl methyl sites for hydroxylation is 4. The molecular weight excluding hydrogens is 679 g/mol. The number of ether oxygens (including phenoxy) is 1. The molecule has 6 rings (SSSR count). The lowest BCUT2D eigenvalue weighted by Gasteiger charge is -2.10. The highest BCUT2D eigenvalue weighted by Gasteiger charge is 2.12. The zero-order chi connectivity index (χ0) is 38.6. The van der Waals surface area contributed by atoms with Gasteiger partial charge in [-0.3, -0.25) is 14.6 Å². The van der Waals surface area contributed by atoms with Crippen LogP contribution in [0.3, 0.4) is 0 Å². The number of carbonyl (C=O) groups is 2. The number of carbonyl (C=O) groups excluding carboxylic acids is 2. The van der Waals surface area contributed by atoms with Crippen LogP contribution >= 0.6 is 0 Å². The number of hydrogen-bond donors (Lipinski definition) is 2. The van der Waals surface area contributed by atoms with E-state index in [9.17, 15) is 20.1 Å². The average molecular weight is 720 g/mol. The number of ketones is 2. The van der Waals surface area contributed by atoms with Crippen LogP contribution < -0.4 is 15.4 Å². The van der Waals surface area contributed by atoms with E-state index in [1.54, 1.807) is 19.2 Å². The van der Waals surface area contributed by atoms with E-state index in [4.69, 9.17) is 4.74 Å². The van der Waals surface area contributed by atoms with Crippen molar-refractivity contribution in [1.29, 1.82) is 10.5 Å². The van der Waals surface area contributed by atoms with Crippen molar-refractivity contribution in [2.45, 2.75) is 53.4 Å². The number of fused-ring (bicyclic) bond motifs is 2. The highest BCUT2D eigenvalue weighted by Crippen LogP contribution is 2.26. The third kappa shape index (κ3) is 9.75. The van der Waals surface area contributed by atoms with Crippen molar-refractivity contribution in [2.24, 2.45) is 0 Å². The molecule has 54 heavy (non-hydrogen) atoms. The van der Waals surface area contributed by atoms with Gasteiger partial charge >= 0.3 is 0 Å². The Kier molecular flexibility index (Phi) is 12.9. The van der Waals surface area contributed by atoms with Gasteiger partial charge in [-0.15, -0.1) is 0 Å². The maximum Gasteiger partial charge on any atom is 0.182 e. The van der Waals surface area contributed by atoms with Crippen molar-refractivity contribution in [1.82, 2.24) is 24.9 Å². The summed E-state index contributed by atoms with van der Waals surface area (Å²) in [6, 6.07) is 19.7. The summed E-state index contributed by atoms with van der Waals surface area (Å²) >= 11 is 0. The van der Waals surface area contributed by atoms with E-state index < -0.39 is 0 Å². The van der Waals surface area contributed by atoms with Gasteiger partial charge in [-0.2, -0.15) is 10.5 Å². The molecule has 4 aromatic heterocycles.